The Morgan fingerprint density at radius 3 is 2.79 bits per heavy atom. The molecule has 0 aliphatic heterocycles. The maximum atomic E-state index is 11.3. The van der Waals surface area contributed by atoms with E-state index in [1.807, 2.05) is 0 Å². The lowest BCUT2D eigenvalue weighted by Crippen LogP contribution is -2.24. The van der Waals surface area contributed by atoms with E-state index in [1.54, 1.807) is 14.0 Å². The molecule has 14 heavy (non-hydrogen) atoms. The fourth-order valence-corrected chi connectivity index (χ4v) is 1.76. The van der Waals surface area contributed by atoms with Crippen molar-refractivity contribution in [2.75, 3.05) is 24.1 Å². The number of rotatable bonds is 5. The van der Waals surface area contributed by atoms with Crippen molar-refractivity contribution in [3.63, 3.8) is 0 Å². The minimum atomic E-state index is -3.35. The van der Waals surface area contributed by atoms with Gasteiger partial charge in [-0.1, -0.05) is 0 Å². The molecule has 0 bridgehead atoms. The molecule has 0 aliphatic carbocycles. The third-order valence-corrected chi connectivity index (χ3v) is 2.71. The molecule has 1 aromatic rings. The molecule has 1 heterocycles. The Balaban J connectivity index is 2.59. The summed E-state index contributed by atoms with van der Waals surface area (Å²) in [7, 11) is -1.67. The Labute approximate surface area is 82.8 Å². The zero-order valence-electron chi connectivity index (χ0n) is 8.07. The van der Waals surface area contributed by atoms with Gasteiger partial charge < -0.3 is 9.73 Å². The van der Waals surface area contributed by atoms with E-state index in [1.165, 1.54) is 6.26 Å². The van der Waals surface area contributed by atoms with Crippen LogP contribution in [0.1, 0.15) is 5.69 Å². The van der Waals surface area contributed by atoms with Gasteiger partial charge in [0, 0.05) is 6.54 Å². The second kappa shape index (κ2) is 4.43. The first-order valence-corrected chi connectivity index (χ1v) is 5.76. The predicted molar refractivity (Wildman–Crippen MR) is 52.6 cm³/mol. The van der Waals surface area contributed by atoms with Gasteiger partial charge in [0.05, 0.1) is 11.4 Å². The van der Waals surface area contributed by atoms with E-state index in [-0.39, 0.29) is 11.8 Å². The van der Waals surface area contributed by atoms with Gasteiger partial charge in [-0.3, -0.25) is 0 Å². The number of hydrogen-bond donors (Lipinski definition) is 2. The highest BCUT2D eigenvalue weighted by atomic mass is 32.2. The zero-order valence-corrected chi connectivity index (χ0v) is 8.89. The number of hydrogen-bond acceptors (Lipinski definition) is 5. The van der Waals surface area contributed by atoms with E-state index in [4.69, 9.17) is 4.42 Å². The van der Waals surface area contributed by atoms with Crippen LogP contribution in [0.3, 0.4) is 0 Å². The second-order valence-corrected chi connectivity index (χ2v) is 4.66. The molecule has 0 atom stereocenters. The van der Waals surface area contributed by atoms with Crippen molar-refractivity contribution in [1.29, 1.82) is 0 Å². The molecule has 2 N–H and O–H groups in total. The standard InChI is InChI=1S/C7H13N3O3S/c1-6-5-13-7(9-6)10-14(11,12)4-3-8-2/h5,8H,3-4H2,1-2H3,(H,9,10). The van der Waals surface area contributed by atoms with Crippen LogP contribution in [-0.2, 0) is 10.0 Å². The smallest absolute Gasteiger partial charge is 0.308 e. The Hall–Kier alpha value is -1.08. The van der Waals surface area contributed by atoms with Crippen molar-refractivity contribution in [2.45, 2.75) is 6.92 Å². The minimum Gasteiger partial charge on any atom is -0.431 e. The summed E-state index contributed by atoms with van der Waals surface area (Å²) in [5, 5.41) is 2.74. The minimum absolute atomic E-state index is 0.00900. The van der Waals surface area contributed by atoms with Crippen LogP contribution in [0.5, 0.6) is 0 Å². The molecule has 7 heteroatoms. The van der Waals surface area contributed by atoms with Gasteiger partial charge in [0.1, 0.15) is 6.26 Å². The summed E-state index contributed by atoms with van der Waals surface area (Å²) in [5.41, 5.74) is 0.635. The first-order valence-electron chi connectivity index (χ1n) is 4.11. The van der Waals surface area contributed by atoms with E-state index in [2.05, 4.69) is 15.0 Å². The molecule has 0 radical (unpaired) electrons. The van der Waals surface area contributed by atoms with Crippen LogP contribution in [0.25, 0.3) is 0 Å². The van der Waals surface area contributed by atoms with Crippen LogP contribution < -0.4 is 10.0 Å². The van der Waals surface area contributed by atoms with E-state index in [0.717, 1.165) is 0 Å². The summed E-state index contributed by atoms with van der Waals surface area (Å²) < 4.78 is 29.7. The molecule has 1 rings (SSSR count). The summed E-state index contributed by atoms with van der Waals surface area (Å²) in [4.78, 5) is 3.83. The molecule has 0 aliphatic rings. The van der Waals surface area contributed by atoms with E-state index < -0.39 is 10.0 Å². The topological polar surface area (TPSA) is 84.2 Å². The summed E-state index contributed by atoms with van der Waals surface area (Å²) in [6.07, 6.45) is 1.38. The van der Waals surface area contributed by atoms with E-state index in [9.17, 15) is 8.42 Å². The van der Waals surface area contributed by atoms with Gasteiger partial charge in [-0.25, -0.2) is 13.1 Å². The van der Waals surface area contributed by atoms with Gasteiger partial charge in [0.15, 0.2) is 0 Å². The van der Waals surface area contributed by atoms with Gasteiger partial charge in [-0.05, 0) is 14.0 Å². The number of sulfonamides is 1. The highest BCUT2D eigenvalue weighted by Gasteiger charge is 2.12. The molecule has 0 spiro atoms. The fraction of sp³-hybridized carbons (Fsp3) is 0.571. The van der Waals surface area contributed by atoms with Crippen molar-refractivity contribution in [3.8, 4) is 0 Å². The average Bonchev–Trinajstić information content (AvgIpc) is 2.47. The molecule has 0 amide bonds. The summed E-state index contributed by atoms with van der Waals surface area (Å²) in [6, 6.07) is 0.0126. The Morgan fingerprint density at radius 1 is 1.57 bits per heavy atom. The third-order valence-electron chi connectivity index (χ3n) is 1.48. The Bertz CT molecular complexity index is 385. The molecule has 0 aromatic carbocycles. The van der Waals surface area contributed by atoms with E-state index >= 15 is 0 Å². The van der Waals surface area contributed by atoms with Crippen LogP contribution in [0.15, 0.2) is 10.7 Å². The van der Waals surface area contributed by atoms with Crippen LogP contribution in [-0.4, -0.2) is 32.7 Å². The molecule has 0 fully saturated rings. The normalized spacial score (nSPS) is 11.6. The lowest BCUT2D eigenvalue weighted by Gasteiger charge is -2.02. The summed E-state index contributed by atoms with van der Waals surface area (Å²) >= 11 is 0. The lowest BCUT2D eigenvalue weighted by molar-refractivity contribution is 0.569. The van der Waals surface area contributed by atoms with Gasteiger partial charge in [0.2, 0.25) is 10.0 Å². The molecule has 1 aromatic heterocycles. The molecule has 0 saturated heterocycles. The quantitative estimate of drug-likeness (QED) is 0.725. The van der Waals surface area contributed by atoms with Crippen molar-refractivity contribution < 1.29 is 12.8 Å². The second-order valence-electron chi connectivity index (χ2n) is 2.82. The van der Waals surface area contributed by atoms with Gasteiger partial charge >= 0.3 is 6.01 Å². The first-order chi connectivity index (χ1) is 6.53. The monoisotopic (exact) mass is 219 g/mol. The summed E-state index contributed by atoms with van der Waals surface area (Å²) in [6.45, 7) is 2.10. The van der Waals surface area contributed by atoms with Crippen LogP contribution >= 0.6 is 0 Å². The molecular formula is C7H13N3O3S. The van der Waals surface area contributed by atoms with Gasteiger partial charge in [0.25, 0.3) is 0 Å². The van der Waals surface area contributed by atoms with Crippen LogP contribution in [0.4, 0.5) is 6.01 Å². The zero-order chi connectivity index (χ0) is 10.6. The number of aryl methyl sites for hydroxylation is 1. The number of aromatic nitrogens is 1. The largest absolute Gasteiger partial charge is 0.431 e. The third kappa shape index (κ3) is 3.35. The molecule has 0 unspecified atom stereocenters. The van der Waals surface area contributed by atoms with Crippen molar-refractivity contribution in [1.82, 2.24) is 10.3 Å². The highest BCUT2D eigenvalue weighted by molar-refractivity contribution is 7.92. The summed E-state index contributed by atoms with van der Waals surface area (Å²) in [5.74, 6) is -0.00900. The maximum Gasteiger partial charge on any atom is 0.308 e. The highest BCUT2D eigenvalue weighted by Crippen LogP contribution is 2.07. The molecule has 0 saturated carbocycles. The number of nitrogens with zero attached hydrogens (tertiary/aromatic N) is 1. The van der Waals surface area contributed by atoms with Crippen LogP contribution in [0.2, 0.25) is 0 Å². The first kappa shape index (κ1) is 11.0. The predicted octanol–water partition coefficient (Wildman–Crippen LogP) is -0.0559. The Morgan fingerprint density at radius 2 is 2.29 bits per heavy atom. The van der Waals surface area contributed by atoms with Gasteiger partial charge in [-0.2, -0.15) is 4.98 Å². The number of nitrogens with one attached hydrogen (secondary N) is 2. The van der Waals surface area contributed by atoms with Crippen molar-refractivity contribution in [2.24, 2.45) is 0 Å². The van der Waals surface area contributed by atoms with E-state index in [0.29, 0.717) is 12.2 Å². The number of oxazole rings is 1. The van der Waals surface area contributed by atoms with Crippen molar-refractivity contribution in [3.05, 3.63) is 12.0 Å². The molecule has 80 valence electrons. The molecular weight excluding hydrogens is 206 g/mol. The average molecular weight is 219 g/mol. The fourth-order valence-electron chi connectivity index (χ4n) is 0.821. The van der Waals surface area contributed by atoms with Crippen molar-refractivity contribution >= 4 is 16.0 Å². The number of anilines is 1. The van der Waals surface area contributed by atoms with Crippen LogP contribution in [0, 0.1) is 6.92 Å². The van der Waals surface area contributed by atoms with Gasteiger partial charge in [-0.15, -0.1) is 0 Å². The maximum absolute atomic E-state index is 11.3. The lowest BCUT2D eigenvalue weighted by atomic mass is 10.6. The SMILES string of the molecule is CNCCS(=O)(=O)Nc1nc(C)co1. The Kier molecular flexibility index (Phi) is 3.48. The molecule has 6 nitrogen and oxygen atoms in total.